The van der Waals surface area contributed by atoms with Crippen molar-refractivity contribution < 1.29 is 4.74 Å². The van der Waals surface area contributed by atoms with Gasteiger partial charge in [0.2, 0.25) is 0 Å². The van der Waals surface area contributed by atoms with E-state index in [2.05, 4.69) is 68.5 Å². The van der Waals surface area contributed by atoms with Gasteiger partial charge < -0.3 is 4.74 Å². The Morgan fingerprint density at radius 2 is 1.77 bits per heavy atom. The molecule has 0 saturated carbocycles. The number of benzene rings is 2. The number of aromatic nitrogens is 4. The molecule has 1 N–H and O–H groups in total. The van der Waals surface area contributed by atoms with Crippen molar-refractivity contribution in [1.29, 1.82) is 0 Å². The Morgan fingerprint density at radius 3 is 2.60 bits per heavy atom. The first kappa shape index (κ1) is 24.5. The van der Waals surface area contributed by atoms with E-state index in [1.54, 1.807) is 0 Å². The Hall–Kier alpha value is -3.30. The largest absolute Gasteiger partial charge is 0.379 e. The molecule has 40 heavy (non-hydrogen) atoms. The number of hydrogen-bond donors (Lipinski definition) is 1. The van der Waals surface area contributed by atoms with Gasteiger partial charge in [-0.2, -0.15) is 10.2 Å². The molecule has 0 atom stereocenters. The molecule has 1 aliphatic carbocycles. The average Bonchev–Trinajstić information content (AvgIpc) is 3.76. The fourth-order valence-corrected chi connectivity index (χ4v) is 7.97. The first-order chi connectivity index (χ1) is 19.7. The predicted molar refractivity (Wildman–Crippen MR) is 161 cm³/mol. The molecule has 5 aromatic rings. The summed E-state index contributed by atoms with van der Waals surface area (Å²) < 4.78 is 7.46. The van der Waals surface area contributed by atoms with Crippen molar-refractivity contribution in [2.75, 3.05) is 39.4 Å². The summed E-state index contributed by atoms with van der Waals surface area (Å²) in [7, 11) is 1.99. The average molecular weight is 551 g/mol. The van der Waals surface area contributed by atoms with Crippen molar-refractivity contribution in [3.05, 3.63) is 70.7 Å². The second kappa shape index (κ2) is 9.96. The minimum Gasteiger partial charge on any atom is -0.379 e. The van der Waals surface area contributed by atoms with E-state index < -0.39 is 0 Å². The van der Waals surface area contributed by atoms with Gasteiger partial charge in [0, 0.05) is 71.0 Å². The summed E-state index contributed by atoms with van der Waals surface area (Å²) in [6, 6.07) is 18.8. The van der Waals surface area contributed by atoms with Gasteiger partial charge in [0.1, 0.15) is 0 Å². The summed E-state index contributed by atoms with van der Waals surface area (Å²) in [5, 5.41) is 13.6. The van der Waals surface area contributed by atoms with Crippen LogP contribution in [0.3, 0.4) is 0 Å². The Morgan fingerprint density at radius 1 is 0.975 bits per heavy atom. The van der Waals surface area contributed by atoms with Crippen LogP contribution in [-0.4, -0.2) is 75.2 Å². The number of hydrogen-bond acceptors (Lipinski definition) is 6. The minimum absolute atomic E-state index is 0.736. The minimum atomic E-state index is 0.736. The second-order valence-corrected chi connectivity index (χ2v) is 12.6. The number of likely N-dealkylation sites (tertiary alicyclic amines) is 1. The van der Waals surface area contributed by atoms with Crippen molar-refractivity contribution in [3.8, 4) is 33.0 Å². The molecule has 2 fully saturated rings. The Bertz CT molecular complexity index is 1670. The maximum absolute atomic E-state index is 5.54. The molecule has 2 saturated heterocycles. The SMILES string of the molecule is Cn1ncc2ccc(-c3n[nH]c4c3Cc3sc(-c5ccc(CN6CCC(N7CCOCC7)CC6)cc5)cc3-4)cc21. The number of aryl methyl sites for hydroxylation is 1. The molecule has 0 spiro atoms. The normalized spacial score (nSPS) is 18.4. The van der Waals surface area contributed by atoms with Crippen LogP contribution >= 0.6 is 11.3 Å². The number of aromatic amines is 1. The number of ether oxygens (including phenoxy) is 1. The van der Waals surface area contributed by atoms with Crippen LogP contribution < -0.4 is 0 Å². The Labute approximate surface area is 238 Å². The van der Waals surface area contributed by atoms with Crippen LogP contribution in [0.15, 0.2) is 54.7 Å². The summed E-state index contributed by atoms with van der Waals surface area (Å²) in [6.45, 7) is 7.41. The maximum Gasteiger partial charge on any atom is 0.0963 e. The van der Waals surface area contributed by atoms with E-state index in [9.17, 15) is 0 Å². The predicted octanol–water partition coefficient (Wildman–Crippen LogP) is 5.56. The Kier molecular flexibility index (Phi) is 6.10. The van der Waals surface area contributed by atoms with Crippen LogP contribution in [0.25, 0.3) is 43.9 Å². The highest BCUT2D eigenvalue weighted by Crippen LogP contribution is 2.46. The van der Waals surface area contributed by atoms with Gasteiger partial charge in [0.05, 0.1) is 36.3 Å². The number of piperidine rings is 1. The van der Waals surface area contributed by atoms with Gasteiger partial charge >= 0.3 is 0 Å². The summed E-state index contributed by atoms with van der Waals surface area (Å²) in [6.07, 6.45) is 5.39. The highest BCUT2D eigenvalue weighted by atomic mass is 32.1. The van der Waals surface area contributed by atoms with E-state index in [1.807, 2.05) is 29.3 Å². The number of fused-ring (bicyclic) bond motifs is 4. The van der Waals surface area contributed by atoms with E-state index in [0.29, 0.717) is 0 Å². The zero-order valence-corrected chi connectivity index (χ0v) is 23.7. The third kappa shape index (κ3) is 4.30. The van der Waals surface area contributed by atoms with Crippen LogP contribution in [0.5, 0.6) is 0 Å². The molecule has 5 heterocycles. The topological polar surface area (TPSA) is 62.2 Å². The molecule has 2 aliphatic heterocycles. The number of nitrogens with zero attached hydrogens (tertiary/aromatic N) is 5. The molecule has 7 nitrogen and oxygen atoms in total. The standard InChI is InChI=1S/C32H34N6OS/c1-36-28-16-23(6-7-24(28)19-33-36)31-27-18-30-26(32(27)35-34-31)17-29(40-30)22-4-2-21(3-5-22)20-37-10-8-25(9-11-37)38-12-14-39-15-13-38/h2-7,16-17,19,25H,8-15,18,20H2,1H3,(H,34,35). The number of thiophene rings is 1. The first-order valence-corrected chi connectivity index (χ1v) is 15.3. The molecule has 8 rings (SSSR count). The summed E-state index contributed by atoms with van der Waals surface area (Å²) in [5.41, 5.74) is 9.83. The van der Waals surface area contributed by atoms with Gasteiger partial charge in [0.25, 0.3) is 0 Å². The van der Waals surface area contributed by atoms with Crippen molar-refractivity contribution in [3.63, 3.8) is 0 Å². The lowest BCUT2D eigenvalue weighted by Gasteiger charge is -2.40. The van der Waals surface area contributed by atoms with Crippen LogP contribution in [-0.2, 0) is 24.8 Å². The van der Waals surface area contributed by atoms with E-state index >= 15 is 0 Å². The molecule has 3 aliphatic rings. The summed E-state index contributed by atoms with van der Waals surface area (Å²) in [5.74, 6) is 0. The van der Waals surface area contributed by atoms with Crippen LogP contribution in [0.4, 0.5) is 0 Å². The van der Waals surface area contributed by atoms with Gasteiger partial charge in [-0.1, -0.05) is 36.4 Å². The molecule has 204 valence electrons. The summed E-state index contributed by atoms with van der Waals surface area (Å²) >= 11 is 1.92. The lowest BCUT2D eigenvalue weighted by atomic mass is 10.0. The van der Waals surface area contributed by atoms with Gasteiger partial charge in [-0.3, -0.25) is 19.6 Å². The smallest absolute Gasteiger partial charge is 0.0963 e. The molecule has 0 radical (unpaired) electrons. The van der Waals surface area contributed by atoms with Crippen molar-refractivity contribution in [2.24, 2.45) is 7.05 Å². The number of nitrogens with one attached hydrogen (secondary N) is 1. The molecular formula is C32H34N6OS. The zero-order chi connectivity index (χ0) is 26.6. The molecule has 0 unspecified atom stereocenters. The zero-order valence-electron chi connectivity index (χ0n) is 22.9. The van der Waals surface area contributed by atoms with Crippen molar-refractivity contribution in [2.45, 2.75) is 31.8 Å². The molecule has 3 aromatic heterocycles. The molecule has 2 aromatic carbocycles. The first-order valence-electron chi connectivity index (χ1n) is 14.5. The van der Waals surface area contributed by atoms with E-state index in [4.69, 9.17) is 9.84 Å². The van der Waals surface area contributed by atoms with Gasteiger partial charge in [-0.15, -0.1) is 11.3 Å². The van der Waals surface area contributed by atoms with Crippen LogP contribution in [0.2, 0.25) is 0 Å². The maximum atomic E-state index is 5.54. The van der Waals surface area contributed by atoms with E-state index in [0.717, 1.165) is 67.5 Å². The third-order valence-electron chi connectivity index (χ3n) is 9.07. The van der Waals surface area contributed by atoms with Crippen LogP contribution in [0.1, 0.15) is 28.8 Å². The van der Waals surface area contributed by atoms with Gasteiger partial charge in [-0.25, -0.2) is 0 Å². The quantitative estimate of drug-likeness (QED) is 0.305. The third-order valence-corrected chi connectivity index (χ3v) is 10.3. The fraction of sp³-hybridized carbons (Fsp3) is 0.375. The summed E-state index contributed by atoms with van der Waals surface area (Å²) in [4.78, 5) is 8.02. The number of H-pyrrole nitrogens is 1. The molecule has 0 amide bonds. The van der Waals surface area contributed by atoms with Gasteiger partial charge in [-0.05, 0) is 49.2 Å². The second-order valence-electron chi connectivity index (χ2n) is 11.4. The fourth-order valence-electron chi connectivity index (χ4n) is 6.78. The number of rotatable bonds is 5. The lowest BCUT2D eigenvalue weighted by Crippen LogP contribution is -2.48. The molecule has 8 heteroatoms. The molecular weight excluding hydrogens is 516 g/mol. The monoisotopic (exact) mass is 550 g/mol. The Balaban J connectivity index is 0.948. The van der Waals surface area contributed by atoms with Crippen LogP contribution in [0, 0.1) is 0 Å². The van der Waals surface area contributed by atoms with E-state index in [1.165, 1.54) is 63.6 Å². The number of morpholine rings is 1. The molecule has 0 bridgehead atoms. The van der Waals surface area contributed by atoms with Crippen molar-refractivity contribution >= 4 is 22.2 Å². The van der Waals surface area contributed by atoms with Gasteiger partial charge in [0.15, 0.2) is 0 Å². The van der Waals surface area contributed by atoms with E-state index in [-0.39, 0.29) is 0 Å². The highest BCUT2D eigenvalue weighted by Gasteiger charge is 2.28. The lowest BCUT2D eigenvalue weighted by molar-refractivity contribution is 0.000231. The van der Waals surface area contributed by atoms with Crippen molar-refractivity contribution in [1.82, 2.24) is 29.8 Å². The highest BCUT2D eigenvalue weighted by molar-refractivity contribution is 7.16.